The summed E-state index contributed by atoms with van der Waals surface area (Å²) in [5.74, 6) is 1.22. The molecule has 0 atom stereocenters. The Morgan fingerprint density at radius 3 is 2.73 bits per heavy atom. The number of hydrogen-bond donors (Lipinski definition) is 1. The zero-order valence-electron chi connectivity index (χ0n) is 16.2. The minimum absolute atomic E-state index is 0.166. The van der Waals surface area contributed by atoms with E-state index in [4.69, 9.17) is 9.15 Å². The number of amides is 1. The van der Waals surface area contributed by atoms with Crippen molar-refractivity contribution in [2.45, 2.75) is 20.1 Å². The molecule has 0 aliphatic carbocycles. The van der Waals surface area contributed by atoms with Crippen molar-refractivity contribution in [3.05, 3.63) is 94.1 Å². The van der Waals surface area contributed by atoms with Crippen LogP contribution in [-0.4, -0.2) is 20.7 Å². The second kappa shape index (κ2) is 8.96. The first kappa shape index (κ1) is 19.9. The number of furan rings is 1. The number of ether oxygens (including phenoxy) is 1. The van der Waals surface area contributed by atoms with Crippen LogP contribution in [0.25, 0.3) is 0 Å². The van der Waals surface area contributed by atoms with Crippen molar-refractivity contribution >= 4 is 27.8 Å². The van der Waals surface area contributed by atoms with Crippen molar-refractivity contribution in [2.75, 3.05) is 5.32 Å². The van der Waals surface area contributed by atoms with Crippen LogP contribution in [0.5, 0.6) is 5.75 Å². The summed E-state index contributed by atoms with van der Waals surface area (Å²) >= 11 is 3.38. The molecule has 2 heterocycles. The van der Waals surface area contributed by atoms with Gasteiger partial charge in [0, 0.05) is 4.47 Å². The van der Waals surface area contributed by atoms with Gasteiger partial charge in [0.2, 0.25) is 5.95 Å². The number of halogens is 1. The van der Waals surface area contributed by atoms with Crippen LogP contribution in [0.4, 0.5) is 5.95 Å². The van der Waals surface area contributed by atoms with Gasteiger partial charge in [0.1, 0.15) is 24.4 Å². The second-order valence-electron chi connectivity index (χ2n) is 6.65. The monoisotopic (exact) mass is 466 g/mol. The molecule has 2 aromatic carbocycles. The Kier molecular flexibility index (Phi) is 5.94. The summed E-state index contributed by atoms with van der Waals surface area (Å²) < 4.78 is 13.9. The first-order valence-corrected chi connectivity index (χ1v) is 10.1. The fourth-order valence-corrected chi connectivity index (χ4v) is 3.08. The fourth-order valence-electron chi connectivity index (χ4n) is 2.82. The maximum Gasteiger partial charge on any atom is 0.293 e. The van der Waals surface area contributed by atoms with Gasteiger partial charge in [-0.2, -0.15) is 0 Å². The molecule has 1 N–H and O–H groups in total. The number of aromatic nitrogens is 3. The quantitative estimate of drug-likeness (QED) is 0.422. The molecule has 152 valence electrons. The normalized spacial score (nSPS) is 10.7. The van der Waals surface area contributed by atoms with E-state index in [9.17, 15) is 4.79 Å². The van der Waals surface area contributed by atoms with Crippen LogP contribution < -0.4 is 10.1 Å². The molecule has 0 unspecified atom stereocenters. The van der Waals surface area contributed by atoms with Gasteiger partial charge in [-0.05, 0) is 54.4 Å². The molecule has 0 bridgehead atoms. The van der Waals surface area contributed by atoms with E-state index in [-0.39, 0.29) is 18.3 Å². The van der Waals surface area contributed by atoms with E-state index in [1.807, 2.05) is 55.5 Å². The summed E-state index contributed by atoms with van der Waals surface area (Å²) in [4.78, 5) is 16.6. The van der Waals surface area contributed by atoms with Gasteiger partial charge in [0.25, 0.3) is 5.91 Å². The average molecular weight is 467 g/mol. The van der Waals surface area contributed by atoms with Crippen molar-refractivity contribution < 1.29 is 13.9 Å². The number of hydrogen-bond acceptors (Lipinski definition) is 5. The zero-order valence-corrected chi connectivity index (χ0v) is 17.8. The first-order valence-electron chi connectivity index (χ1n) is 9.29. The van der Waals surface area contributed by atoms with Crippen molar-refractivity contribution in [1.82, 2.24) is 14.8 Å². The van der Waals surface area contributed by atoms with Crippen LogP contribution in [-0.2, 0) is 13.2 Å². The second-order valence-corrected chi connectivity index (χ2v) is 7.57. The predicted molar refractivity (Wildman–Crippen MR) is 115 cm³/mol. The standard InChI is InChI=1S/C22H19BrN4O3/c1-15-4-2-3-5-16(15)12-27-14-24-22(26-27)25-21(28)20-11-10-19(30-20)13-29-18-8-6-17(23)7-9-18/h2-11,14H,12-13H2,1H3,(H,25,26,28). The van der Waals surface area contributed by atoms with Crippen molar-refractivity contribution in [1.29, 1.82) is 0 Å². The fraction of sp³-hybridized carbons (Fsp3) is 0.136. The Labute approximate surface area is 181 Å². The third-order valence-electron chi connectivity index (χ3n) is 4.44. The molecule has 0 fully saturated rings. The number of benzene rings is 2. The molecule has 0 radical (unpaired) electrons. The third-order valence-corrected chi connectivity index (χ3v) is 4.96. The Balaban J connectivity index is 1.34. The Morgan fingerprint density at radius 2 is 1.93 bits per heavy atom. The third kappa shape index (κ3) is 4.96. The number of carbonyl (C=O) groups is 1. The van der Waals surface area contributed by atoms with Gasteiger partial charge in [0.15, 0.2) is 5.76 Å². The lowest BCUT2D eigenvalue weighted by atomic mass is 10.1. The van der Waals surface area contributed by atoms with Crippen molar-refractivity contribution in [2.24, 2.45) is 0 Å². The summed E-state index contributed by atoms with van der Waals surface area (Å²) in [7, 11) is 0. The molecule has 1 amide bonds. The smallest absolute Gasteiger partial charge is 0.293 e. The number of carbonyl (C=O) groups excluding carboxylic acids is 1. The Hall–Kier alpha value is -3.39. The topological polar surface area (TPSA) is 82.2 Å². The summed E-state index contributed by atoms with van der Waals surface area (Å²) in [5.41, 5.74) is 2.31. The van der Waals surface area contributed by atoms with Gasteiger partial charge >= 0.3 is 0 Å². The van der Waals surface area contributed by atoms with E-state index in [1.54, 1.807) is 23.1 Å². The minimum Gasteiger partial charge on any atom is -0.486 e. The summed E-state index contributed by atoms with van der Waals surface area (Å²) in [6.45, 7) is 2.84. The largest absolute Gasteiger partial charge is 0.486 e. The van der Waals surface area contributed by atoms with Gasteiger partial charge in [0.05, 0.1) is 6.54 Å². The Morgan fingerprint density at radius 1 is 1.13 bits per heavy atom. The Bertz CT molecular complexity index is 1150. The molecule has 0 aliphatic heterocycles. The molecule has 0 saturated heterocycles. The lowest BCUT2D eigenvalue weighted by molar-refractivity contribution is 0.0991. The molecule has 0 aliphatic rings. The van der Waals surface area contributed by atoms with E-state index >= 15 is 0 Å². The number of nitrogens with zero attached hydrogens (tertiary/aromatic N) is 3. The van der Waals surface area contributed by atoms with Crippen LogP contribution in [0, 0.1) is 6.92 Å². The molecule has 8 heteroatoms. The maximum absolute atomic E-state index is 12.4. The molecule has 0 spiro atoms. The van der Waals surface area contributed by atoms with E-state index in [0.717, 1.165) is 10.0 Å². The van der Waals surface area contributed by atoms with Gasteiger partial charge in [-0.1, -0.05) is 40.2 Å². The minimum atomic E-state index is -0.418. The average Bonchev–Trinajstić information content (AvgIpc) is 3.39. The lowest BCUT2D eigenvalue weighted by Gasteiger charge is -2.04. The van der Waals surface area contributed by atoms with Crippen molar-refractivity contribution in [3.8, 4) is 5.75 Å². The van der Waals surface area contributed by atoms with Crippen LogP contribution in [0.15, 0.2) is 75.9 Å². The highest BCUT2D eigenvalue weighted by atomic mass is 79.9. The molecule has 2 aromatic heterocycles. The lowest BCUT2D eigenvalue weighted by Crippen LogP contribution is -2.12. The maximum atomic E-state index is 12.4. The zero-order chi connectivity index (χ0) is 20.9. The van der Waals surface area contributed by atoms with Gasteiger partial charge in [-0.25, -0.2) is 9.67 Å². The van der Waals surface area contributed by atoms with E-state index < -0.39 is 5.91 Å². The highest BCUT2D eigenvalue weighted by Crippen LogP contribution is 2.18. The SMILES string of the molecule is Cc1ccccc1Cn1cnc(NC(=O)c2ccc(COc3ccc(Br)cc3)o2)n1. The molecule has 0 saturated carbocycles. The van der Waals surface area contributed by atoms with E-state index in [0.29, 0.717) is 18.1 Å². The molecule has 7 nitrogen and oxygen atoms in total. The van der Waals surface area contributed by atoms with Crippen LogP contribution in [0.3, 0.4) is 0 Å². The van der Waals surface area contributed by atoms with Crippen LogP contribution in [0.1, 0.15) is 27.4 Å². The number of nitrogens with one attached hydrogen (secondary N) is 1. The van der Waals surface area contributed by atoms with E-state index in [2.05, 4.69) is 31.3 Å². The highest BCUT2D eigenvalue weighted by Gasteiger charge is 2.14. The first-order chi connectivity index (χ1) is 14.6. The van der Waals surface area contributed by atoms with Gasteiger partial charge < -0.3 is 9.15 Å². The molecular weight excluding hydrogens is 448 g/mol. The van der Waals surface area contributed by atoms with E-state index in [1.165, 1.54) is 5.56 Å². The van der Waals surface area contributed by atoms with Crippen LogP contribution >= 0.6 is 15.9 Å². The number of rotatable bonds is 7. The summed E-state index contributed by atoms with van der Waals surface area (Å²) in [6, 6.07) is 18.8. The number of aryl methyl sites for hydroxylation is 1. The van der Waals surface area contributed by atoms with Crippen LogP contribution in [0.2, 0.25) is 0 Å². The summed E-state index contributed by atoms with van der Waals surface area (Å²) in [5, 5.41) is 6.96. The molecule has 4 rings (SSSR count). The highest BCUT2D eigenvalue weighted by molar-refractivity contribution is 9.10. The predicted octanol–water partition coefficient (Wildman–Crippen LogP) is 4.82. The van der Waals surface area contributed by atoms with Gasteiger partial charge in [-0.3, -0.25) is 10.1 Å². The molecular formula is C22H19BrN4O3. The van der Waals surface area contributed by atoms with Crippen molar-refractivity contribution in [3.63, 3.8) is 0 Å². The summed E-state index contributed by atoms with van der Waals surface area (Å²) in [6.07, 6.45) is 1.58. The number of anilines is 1. The molecule has 4 aromatic rings. The van der Waals surface area contributed by atoms with Gasteiger partial charge in [-0.15, -0.1) is 5.10 Å². The molecule has 30 heavy (non-hydrogen) atoms.